The zero-order chi connectivity index (χ0) is 20.3. The van der Waals surface area contributed by atoms with Crippen molar-refractivity contribution < 1.29 is 29.0 Å². The maximum absolute atomic E-state index is 11.8. The molecule has 1 rings (SSSR count). The van der Waals surface area contributed by atoms with Gasteiger partial charge in [-0.2, -0.15) is 0 Å². The predicted molar refractivity (Wildman–Crippen MR) is 99.3 cm³/mol. The highest BCUT2D eigenvalue weighted by atomic mass is 16.6. The van der Waals surface area contributed by atoms with E-state index in [1.807, 2.05) is 30.3 Å². The number of aliphatic carboxylic acids is 1. The second kappa shape index (κ2) is 11.1. The van der Waals surface area contributed by atoms with Gasteiger partial charge in [0, 0.05) is 12.6 Å². The summed E-state index contributed by atoms with van der Waals surface area (Å²) in [5.41, 5.74) is 0.220. The summed E-state index contributed by atoms with van der Waals surface area (Å²) >= 11 is 0. The molecule has 8 nitrogen and oxygen atoms in total. The average Bonchev–Trinajstić information content (AvgIpc) is 2.55. The van der Waals surface area contributed by atoms with E-state index in [-0.39, 0.29) is 13.0 Å². The highest BCUT2D eigenvalue weighted by molar-refractivity contribution is 5.71. The van der Waals surface area contributed by atoms with Crippen LogP contribution in [0.1, 0.15) is 45.6 Å². The van der Waals surface area contributed by atoms with Crippen LogP contribution >= 0.6 is 0 Å². The number of ether oxygens (including phenoxy) is 2. The first-order valence-corrected chi connectivity index (χ1v) is 8.81. The lowest BCUT2D eigenvalue weighted by Gasteiger charge is -2.23. The summed E-state index contributed by atoms with van der Waals surface area (Å²) in [7, 11) is 0. The van der Waals surface area contributed by atoms with E-state index in [4.69, 9.17) is 14.6 Å². The molecule has 1 aromatic rings. The monoisotopic (exact) mass is 380 g/mol. The van der Waals surface area contributed by atoms with E-state index in [1.165, 1.54) is 0 Å². The molecule has 0 bridgehead atoms. The van der Waals surface area contributed by atoms with Crippen LogP contribution in [0.2, 0.25) is 0 Å². The lowest BCUT2D eigenvalue weighted by Crippen LogP contribution is -2.40. The molecule has 0 unspecified atom stereocenters. The smallest absolute Gasteiger partial charge is 0.407 e. The first kappa shape index (κ1) is 22.3. The normalized spacial score (nSPS) is 12.0. The van der Waals surface area contributed by atoms with Crippen molar-refractivity contribution in [1.29, 1.82) is 0 Å². The van der Waals surface area contributed by atoms with Crippen LogP contribution in [0.4, 0.5) is 9.59 Å². The van der Waals surface area contributed by atoms with Crippen molar-refractivity contribution in [1.82, 2.24) is 10.6 Å². The molecule has 150 valence electrons. The third kappa shape index (κ3) is 11.5. The fourth-order valence-electron chi connectivity index (χ4n) is 2.22. The van der Waals surface area contributed by atoms with Crippen molar-refractivity contribution in [2.75, 3.05) is 6.54 Å². The van der Waals surface area contributed by atoms with Crippen molar-refractivity contribution in [2.24, 2.45) is 0 Å². The summed E-state index contributed by atoms with van der Waals surface area (Å²) in [6.45, 7) is 5.66. The van der Waals surface area contributed by atoms with Crippen LogP contribution in [-0.2, 0) is 20.9 Å². The van der Waals surface area contributed by atoms with Gasteiger partial charge in [-0.1, -0.05) is 30.3 Å². The number of carboxylic acids is 1. The molecule has 1 aromatic carbocycles. The number of hydrogen-bond donors (Lipinski definition) is 3. The van der Waals surface area contributed by atoms with Crippen LogP contribution in [0, 0.1) is 0 Å². The Morgan fingerprint density at radius 2 is 1.78 bits per heavy atom. The second-order valence-corrected chi connectivity index (χ2v) is 7.07. The Kier molecular flexibility index (Phi) is 9.12. The summed E-state index contributed by atoms with van der Waals surface area (Å²) in [6.07, 6.45) is -0.575. The van der Waals surface area contributed by atoms with Crippen LogP contribution in [0.25, 0.3) is 0 Å². The minimum absolute atomic E-state index is 0.175. The van der Waals surface area contributed by atoms with Crippen molar-refractivity contribution >= 4 is 18.2 Å². The van der Waals surface area contributed by atoms with Gasteiger partial charge in [-0.25, -0.2) is 9.59 Å². The van der Waals surface area contributed by atoms with Crippen molar-refractivity contribution in [2.45, 2.75) is 58.3 Å². The number of carboxylic acid groups (broad SMARTS) is 1. The molecular weight excluding hydrogens is 352 g/mol. The Labute approximate surface area is 159 Å². The molecule has 0 aliphatic heterocycles. The summed E-state index contributed by atoms with van der Waals surface area (Å²) < 4.78 is 10.2. The third-order valence-corrected chi connectivity index (χ3v) is 3.35. The molecular formula is C19H28N2O6. The first-order chi connectivity index (χ1) is 12.7. The summed E-state index contributed by atoms with van der Waals surface area (Å²) in [5.74, 6) is -1.02. The topological polar surface area (TPSA) is 114 Å². The molecule has 0 radical (unpaired) electrons. The number of rotatable bonds is 9. The number of carbonyl (C=O) groups excluding carboxylic acids is 2. The Morgan fingerprint density at radius 1 is 1.11 bits per heavy atom. The third-order valence-electron chi connectivity index (χ3n) is 3.35. The Hall–Kier alpha value is -2.77. The van der Waals surface area contributed by atoms with Gasteiger partial charge in [-0.3, -0.25) is 4.79 Å². The van der Waals surface area contributed by atoms with Crippen LogP contribution in [-0.4, -0.2) is 41.4 Å². The van der Waals surface area contributed by atoms with Crippen LogP contribution in [0.3, 0.4) is 0 Å². The lowest BCUT2D eigenvalue weighted by molar-refractivity contribution is -0.137. The zero-order valence-electron chi connectivity index (χ0n) is 16.0. The molecule has 0 aromatic heterocycles. The Bertz CT molecular complexity index is 612. The fraction of sp³-hybridized carbons (Fsp3) is 0.526. The van der Waals surface area contributed by atoms with E-state index in [2.05, 4.69) is 10.6 Å². The predicted octanol–water partition coefficient (Wildman–Crippen LogP) is 3.06. The molecule has 0 fully saturated rings. The minimum atomic E-state index is -1.02. The molecule has 1 atom stereocenters. The van der Waals surface area contributed by atoms with E-state index in [1.54, 1.807) is 20.8 Å². The van der Waals surface area contributed by atoms with Gasteiger partial charge in [0.1, 0.15) is 12.2 Å². The largest absolute Gasteiger partial charge is 0.481 e. The molecule has 3 N–H and O–H groups in total. The molecule has 8 heteroatoms. The van der Waals surface area contributed by atoms with Crippen molar-refractivity contribution in [3.8, 4) is 0 Å². The van der Waals surface area contributed by atoms with Crippen molar-refractivity contribution in [3.63, 3.8) is 0 Å². The van der Waals surface area contributed by atoms with E-state index in [0.29, 0.717) is 19.4 Å². The first-order valence-electron chi connectivity index (χ1n) is 8.81. The minimum Gasteiger partial charge on any atom is -0.481 e. The van der Waals surface area contributed by atoms with Gasteiger partial charge >= 0.3 is 18.2 Å². The molecule has 0 saturated heterocycles. The average molecular weight is 380 g/mol. The lowest BCUT2D eigenvalue weighted by atomic mass is 10.1. The molecule has 0 spiro atoms. The molecule has 27 heavy (non-hydrogen) atoms. The van der Waals surface area contributed by atoms with Crippen LogP contribution < -0.4 is 10.6 Å². The number of hydrogen-bond acceptors (Lipinski definition) is 5. The second-order valence-electron chi connectivity index (χ2n) is 7.07. The maximum Gasteiger partial charge on any atom is 0.407 e. The van der Waals surface area contributed by atoms with Gasteiger partial charge in [-0.05, 0) is 39.2 Å². The van der Waals surface area contributed by atoms with E-state index in [9.17, 15) is 14.4 Å². The SMILES string of the molecule is CC(C)(C)OC(=O)N[C@@H](CCCNC(=O)OCc1ccccc1)CC(=O)O. The van der Waals surface area contributed by atoms with Crippen molar-refractivity contribution in [3.05, 3.63) is 35.9 Å². The number of alkyl carbamates (subject to hydrolysis) is 2. The van der Waals surface area contributed by atoms with Gasteiger partial charge in [-0.15, -0.1) is 0 Å². The van der Waals surface area contributed by atoms with E-state index < -0.39 is 29.8 Å². The van der Waals surface area contributed by atoms with E-state index >= 15 is 0 Å². The summed E-state index contributed by atoms with van der Waals surface area (Å²) in [5, 5.41) is 14.1. The summed E-state index contributed by atoms with van der Waals surface area (Å²) in [4.78, 5) is 34.4. The van der Waals surface area contributed by atoms with Crippen LogP contribution in [0.15, 0.2) is 30.3 Å². The Morgan fingerprint density at radius 3 is 2.37 bits per heavy atom. The quantitative estimate of drug-likeness (QED) is 0.567. The molecule has 0 aliphatic rings. The number of nitrogens with one attached hydrogen (secondary N) is 2. The molecule has 0 saturated carbocycles. The highest BCUT2D eigenvalue weighted by Crippen LogP contribution is 2.09. The highest BCUT2D eigenvalue weighted by Gasteiger charge is 2.21. The number of amides is 2. The zero-order valence-corrected chi connectivity index (χ0v) is 16.0. The standard InChI is InChI=1S/C19H28N2O6/c1-19(2,3)27-18(25)21-15(12-16(22)23)10-7-11-20-17(24)26-13-14-8-5-4-6-9-14/h4-6,8-9,15H,7,10-13H2,1-3H3,(H,20,24)(H,21,25)(H,22,23)/t15-/m0/s1. The summed E-state index contributed by atoms with van der Waals surface area (Å²) in [6, 6.07) is 8.72. The van der Waals surface area contributed by atoms with Gasteiger partial charge in [0.2, 0.25) is 0 Å². The van der Waals surface area contributed by atoms with Gasteiger partial charge < -0.3 is 25.2 Å². The van der Waals surface area contributed by atoms with Gasteiger partial charge in [0.25, 0.3) is 0 Å². The fourth-order valence-corrected chi connectivity index (χ4v) is 2.22. The number of carbonyl (C=O) groups is 3. The van der Waals surface area contributed by atoms with E-state index in [0.717, 1.165) is 5.56 Å². The molecule has 0 aliphatic carbocycles. The number of benzene rings is 1. The molecule has 0 heterocycles. The van der Waals surface area contributed by atoms with Gasteiger partial charge in [0.15, 0.2) is 0 Å². The van der Waals surface area contributed by atoms with Gasteiger partial charge in [0.05, 0.1) is 6.42 Å². The molecule has 2 amide bonds. The maximum atomic E-state index is 11.8. The van der Waals surface area contributed by atoms with Crippen LogP contribution in [0.5, 0.6) is 0 Å². The Balaban J connectivity index is 2.30.